The number of pyridine rings is 1. The first-order chi connectivity index (χ1) is 10.5. The molecule has 1 saturated heterocycles. The maximum atomic E-state index is 12.6. The fourth-order valence-electron chi connectivity index (χ4n) is 2.76. The fraction of sp³-hybridized carbons (Fsp3) is 0.647. The van der Waals surface area contributed by atoms with Gasteiger partial charge in [0.15, 0.2) is 0 Å². The Morgan fingerprint density at radius 1 is 1.59 bits per heavy atom. The summed E-state index contributed by atoms with van der Waals surface area (Å²) in [4.78, 5) is 20.9. The van der Waals surface area contributed by atoms with E-state index >= 15 is 0 Å². The van der Waals surface area contributed by atoms with Crippen LogP contribution in [-0.4, -0.2) is 60.5 Å². The summed E-state index contributed by atoms with van der Waals surface area (Å²) >= 11 is 0. The lowest BCUT2D eigenvalue weighted by Crippen LogP contribution is -2.32. The minimum absolute atomic E-state index is 0.0333. The number of carbonyl (C=O) groups excluding carboxylic acids is 1. The van der Waals surface area contributed by atoms with E-state index in [0.717, 1.165) is 32.5 Å². The van der Waals surface area contributed by atoms with Crippen LogP contribution in [0, 0.1) is 5.92 Å². The van der Waals surface area contributed by atoms with Gasteiger partial charge in [-0.3, -0.25) is 4.79 Å². The summed E-state index contributed by atoms with van der Waals surface area (Å²) in [6.45, 7) is 7.04. The van der Waals surface area contributed by atoms with E-state index in [1.807, 2.05) is 18.9 Å². The number of ether oxygens (including phenoxy) is 1. The zero-order chi connectivity index (χ0) is 16.1. The van der Waals surface area contributed by atoms with Crippen molar-refractivity contribution in [1.29, 1.82) is 0 Å². The third-order valence-corrected chi connectivity index (χ3v) is 4.25. The zero-order valence-electron chi connectivity index (χ0n) is 14.1. The quantitative estimate of drug-likeness (QED) is 0.809. The lowest BCUT2D eigenvalue weighted by molar-refractivity contribution is 0.0773. The fourth-order valence-corrected chi connectivity index (χ4v) is 2.76. The average Bonchev–Trinajstić information content (AvgIpc) is 2.91. The number of aromatic nitrogens is 1. The SMILES string of the molecule is CC[C@H](C)Oc1cc(C(=O)N(C)C[C@@H]2CCN(C)C2)ccn1. The van der Waals surface area contributed by atoms with Crippen molar-refractivity contribution in [2.24, 2.45) is 5.92 Å². The molecule has 1 aromatic rings. The maximum Gasteiger partial charge on any atom is 0.253 e. The minimum Gasteiger partial charge on any atom is -0.475 e. The van der Waals surface area contributed by atoms with Gasteiger partial charge in [0.1, 0.15) is 0 Å². The summed E-state index contributed by atoms with van der Waals surface area (Å²) in [6, 6.07) is 3.49. The highest BCUT2D eigenvalue weighted by atomic mass is 16.5. The molecule has 0 N–H and O–H groups in total. The molecule has 0 radical (unpaired) electrons. The Bertz CT molecular complexity index is 506. The largest absolute Gasteiger partial charge is 0.475 e. The Labute approximate surface area is 133 Å². The van der Waals surface area contributed by atoms with Crippen molar-refractivity contribution in [2.45, 2.75) is 32.8 Å². The van der Waals surface area contributed by atoms with E-state index in [-0.39, 0.29) is 12.0 Å². The summed E-state index contributed by atoms with van der Waals surface area (Å²) in [5, 5.41) is 0. The van der Waals surface area contributed by atoms with Crippen LogP contribution in [0.2, 0.25) is 0 Å². The van der Waals surface area contributed by atoms with Gasteiger partial charge < -0.3 is 14.5 Å². The summed E-state index contributed by atoms with van der Waals surface area (Å²) < 4.78 is 5.69. The third-order valence-electron chi connectivity index (χ3n) is 4.25. The first-order valence-corrected chi connectivity index (χ1v) is 8.06. The third kappa shape index (κ3) is 4.44. The number of hydrogen-bond donors (Lipinski definition) is 0. The Hall–Kier alpha value is -1.62. The van der Waals surface area contributed by atoms with Gasteiger partial charge >= 0.3 is 0 Å². The first-order valence-electron chi connectivity index (χ1n) is 8.06. The predicted octanol–water partition coefficient (Wildman–Crippen LogP) is 2.28. The van der Waals surface area contributed by atoms with Gasteiger partial charge in [0.05, 0.1) is 6.10 Å². The molecule has 122 valence electrons. The number of amides is 1. The molecular formula is C17H27N3O2. The van der Waals surface area contributed by atoms with Crippen LogP contribution >= 0.6 is 0 Å². The van der Waals surface area contributed by atoms with Gasteiger partial charge in [0, 0.05) is 38.0 Å². The molecule has 1 aromatic heterocycles. The van der Waals surface area contributed by atoms with Crippen LogP contribution in [0.25, 0.3) is 0 Å². The van der Waals surface area contributed by atoms with Gasteiger partial charge in [-0.1, -0.05) is 6.92 Å². The van der Waals surface area contributed by atoms with Gasteiger partial charge in [-0.25, -0.2) is 4.98 Å². The van der Waals surface area contributed by atoms with Crippen molar-refractivity contribution in [3.05, 3.63) is 23.9 Å². The second kappa shape index (κ2) is 7.58. The number of carbonyl (C=O) groups is 1. The molecule has 1 amide bonds. The van der Waals surface area contributed by atoms with Crippen LogP contribution in [0.5, 0.6) is 5.88 Å². The van der Waals surface area contributed by atoms with E-state index < -0.39 is 0 Å². The molecule has 0 aromatic carbocycles. The molecule has 0 unspecified atom stereocenters. The van der Waals surface area contributed by atoms with Crippen molar-refractivity contribution < 1.29 is 9.53 Å². The molecule has 2 atom stereocenters. The average molecular weight is 305 g/mol. The number of hydrogen-bond acceptors (Lipinski definition) is 4. The van der Waals surface area contributed by atoms with Crippen molar-refractivity contribution in [2.75, 3.05) is 33.7 Å². The molecule has 0 aliphatic carbocycles. The van der Waals surface area contributed by atoms with Crippen LogP contribution in [0.1, 0.15) is 37.0 Å². The molecule has 0 saturated carbocycles. The molecule has 1 aliphatic heterocycles. The molecule has 2 heterocycles. The smallest absolute Gasteiger partial charge is 0.253 e. The van der Waals surface area contributed by atoms with E-state index in [1.165, 1.54) is 0 Å². The standard InChI is InChI=1S/C17H27N3O2/c1-5-13(2)22-16-10-15(6-8-18-16)17(21)20(4)12-14-7-9-19(3)11-14/h6,8,10,13-14H,5,7,9,11-12H2,1-4H3/t13-,14+/m0/s1. The van der Waals surface area contributed by atoms with E-state index in [4.69, 9.17) is 4.74 Å². The van der Waals surface area contributed by atoms with Crippen molar-refractivity contribution >= 4 is 5.91 Å². The second-order valence-corrected chi connectivity index (χ2v) is 6.32. The van der Waals surface area contributed by atoms with Gasteiger partial charge in [0.2, 0.25) is 5.88 Å². The molecule has 1 fully saturated rings. The highest BCUT2D eigenvalue weighted by Gasteiger charge is 2.23. The van der Waals surface area contributed by atoms with Gasteiger partial charge in [-0.2, -0.15) is 0 Å². The Morgan fingerprint density at radius 3 is 3.00 bits per heavy atom. The molecular weight excluding hydrogens is 278 g/mol. The minimum atomic E-state index is 0.0333. The summed E-state index contributed by atoms with van der Waals surface area (Å²) in [5.41, 5.74) is 0.641. The molecule has 5 nitrogen and oxygen atoms in total. The van der Waals surface area contributed by atoms with Crippen molar-refractivity contribution in [1.82, 2.24) is 14.8 Å². The van der Waals surface area contributed by atoms with E-state index in [0.29, 0.717) is 17.4 Å². The van der Waals surface area contributed by atoms with Crippen LogP contribution in [-0.2, 0) is 0 Å². The summed E-state index contributed by atoms with van der Waals surface area (Å²) in [7, 11) is 4.00. The Morgan fingerprint density at radius 2 is 2.36 bits per heavy atom. The lowest BCUT2D eigenvalue weighted by atomic mass is 10.1. The number of rotatable bonds is 6. The normalized spacial score (nSPS) is 19.9. The Balaban J connectivity index is 1.97. The first kappa shape index (κ1) is 16.7. The van der Waals surface area contributed by atoms with E-state index in [2.05, 4.69) is 23.9 Å². The number of nitrogens with zero attached hydrogens (tertiary/aromatic N) is 3. The Kier molecular flexibility index (Phi) is 5.77. The van der Waals surface area contributed by atoms with E-state index in [9.17, 15) is 4.79 Å². The molecule has 0 bridgehead atoms. The van der Waals surface area contributed by atoms with Crippen molar-refractivity contribution in [3.8, 4) is 5.88 Å². The summed E-state index contributed by atoms with van der Waals surface area (Å²) in [5.74, 6) is 1.12. The van der Waals surface area contributed by atoms with Gasteiger partial charge in [0.25, 0.3) is 5.91 Å². The molecule has 0 spiro atoms. The van der Waals surface area contributed by atoms with E-state index in [1.54, 1.807) is 18.3 Å². The molecule has 22 heavy (non-hydrogen) atoms. The lowest BCUT2D eigenvalue weighted by Gasteiger charge is -2.21. The highest BCUT2D eigenvalue weighted by molar-refractivity contribution is 5.94. The van der Waals surface area contributed by atoms with Crippen molar-refractivity contribution in [3.63, 3.8) is 0 Å². The van der Waals surface area contributed by atoms with Crippen LogP contribution in [0.3, 0.4) is 0 Å². The number of likely N-dealkylation sites (tertiary alicyclic amines) is 1. The molecule has 5 heteroatoms. The van der Waals surface area contributed by atoms with Crippen LogP contribution in [0.15, 0.2) is 18.3 Å². The zero-order valence-corrected chi connectivity index (χ0v) is 14.1. The second-order valence-electron chi connectivity index (χ2n) is 6.32. The highest BCUT2D eigenvalue weighted by Crippen LogP contribution is 2.18. The monoisotopic (exact) mass is 305 g/mol. The topological polar surface area (TPSA) is 45.7 Å². The molecule has 2 rings (SSSR count). The maximum absolute atomic E-state index is 12.6. The van der Waals surface area contributed by atoms with Gasteiger partial charge in [-0.15, -0.1) is 0 Å². The van der Waals surface area contributed by atoms with Crippen LogP contribution in [0.4, 0.5) is 0 Å². The molecule has 1 aliphatic rings. The van der Waals surface area contributed by atoms with Crippen LogP contribution < -0.4 is 4.74 Å². The predicted molar refractivity (Wildman–Crippen MR) is 87.2 cm³/mol. The summed E-state index contributed by atoms with van der Waals surface area (Å²) in [6.07, 6.45) is 3.81. The van der Waals surface area contributed by atoms with Gasteiger partial charge in [-0.05, 0) is 45.3 Å².